The molecule has 3 rings (SSSR count). The van der Waals surface area contributed by atoms with E-state index in [0.717, 1.165) is 12.8 Å². The van der Waals surface area contributed by atoms with Gasteiger partial charge in [-0.25, -0.2) is 0 Å². The molecular formula is C31H42N2O6. The minimum Gasteiger partial charge on any atom is -0.507 e. The van der Waals surface area contributed by atoms with Gasteiger partial charge in [0, 0.05) is 54.7 Å². The molecule has 1 aliphatic rings. The van der Waals surface area contributed by atoms with Crippen molar-refractivity contribution in [1.82, 2.24) is 10.2 Å². The predicted molar refractivity (Wildman–Crippen MR) is 150 cm³/mol. The molecule has 1 aliphatic heterocycles. The molecule has 8 heteroatoms. The van der Waals surface area contributed by atoms with Gasteiger partial charge in [-0.15, -0.1) is 0 Å². The molecule has 0 amide bonds. The van der Waals surface area contributed by atoms with Crippen molar-refractivity contribution >= 4 is 17.7 Å². The molecule has 1 heterocycles. The van der Waals surface area contributed by atoms with Crippen molar-refractivity contribution in [3.63, 3.8) is 0 Å². The first-order valence-electron chi connectivity index (χ1n) is 13.6. The highest BCUT2D eigenvalue weighted by molar-refractivity contribution is 6.10. The van der Waals surface area contributed by atoms with Crippen LogP contribution in [0.2, 0.25) is 0 Å². The first-order chi connectivity index (χ1) is 18.2. The number of ether oxygens (including phenoxy) is 2. The van der Waals surface area contributed by atoms with Gasteiger partial charge in [-0.1, -0.05) is 30.3 Å². The van der Waals surface area contributed by atoms with E-state index in [-0.39, 0.29) is 64.9 Å². The van der Waals surface area contributed by atoms with Gasteiger partial charge in [0.2, 0.25) is 0 Å². The Morgan fingerprint density at radius 2 is 1.54 bits per heavy atom. The van der Waals surface area contributed by atoms with Gasteiger partial charge in [-0.3, -0.25) is 19.3 Å². The summed E-state index contributed by atoms with van der Waals surface area (Å²) in [6.07, 6.45) is 1.74. The van der Waals surface area contributed by atoms with E-state index >= 15 is 0 Å². The zero-order valence-electron chi connectivity index (χ0n) is 24.0. The summed E-state index contributed by atoms with van der Waals surface area (Å²) in [7, 11) is 0. The molecule has 0 radical (unpaired) electrons. The molecule has 2 aromatic carbocycles. The van der Waals surface area contributed by atoms with Crippen molar-refractivity contribution in [1.29, 1.82) is 0 Å². The second-order valence-electron chi connectivity index (χ2n) is 11.9. The zero-order valence-corrected chi connectivity index (χ0v) is 24.0. The van der Waals surface area contributed by atoms with Crippen LogP contribution < -0.4 is 10.1 Å². The van der Waals surface area contributed by atoms with Gasteiger partial charge in [0.25, 0.3) is 0 Å². The topological polar surface area (TPSA) is 105 Å². The van der Waals surface area contributed by atoms with Crippen LogP contribution in [-0.4, -0.2) is 64.0 Å². The van der Waals surface area contributed by atoms with Crippen LogP contribution in [0.4, 0.5) is 0 Å². The van der Waals surface area contributed by atoms with Crippen LogP contribution >= 0.6 is 0 Å². The highest BCUT2D eigenvalue weighted by atomic mass is 16.5. The Morgan fingerprint density at radius 3 is 2.10 bits per heavy atom. The lowest BCUT2D eigenvalue weighted by Crippen LogP contribution is -2.59. The first-order valence-corrected chi connectivity index (χ1v) is 13.6. The quantitative estimate of drug-likeness (QED) is 0.237. The lowest BCUT2D eigenvalue weighted by molar-refractivity contribution is -0.153. The van der Waals surface area contributed by atoms with E-state index in [4.69, 9.17) is 9.47 Å². The number of carbonyl (C=O) groups is 3. The Labute approximate surface area is 231 Å². The van der Waals surface area contributed by atoms with Crippen LogP contribution in [0.25, 0.3) is 0 Å². The average Bonchev–Trinajstić information content (AvgIpc) is 2.82. The average molecular weight is 539 g/mol. The van der Waals surface area contributed by atoms with E-state index in [0.29, 0.717) is 18.7 Å². The van der Waals surface area contributed by atoms with Gasteiger partial charge in [0.15, 0.2) is 5.78 Å². The number of benzene rings is 2. The molecular weight excluding hydrogens is 496 g/mol. The number of phenols is 1. The summed E-state index contributed by atoms with van der Waals surface area (Å²) in [6.45, 7) is 13.4. The van der Waals surface area contributed by atoms with Crippen LogP contribution in [0.15, 0.2) is 48.5 Å². The van der Waals surface area contributed by atoms with Crippen molar-refractivity contribution in [3.05, 3.63) is 59.7 Å². The molecule has 39 heavy (non-hydrogen) atoms. The number of ketones is 1. The Bertz CT molecular complexity index is 1140. The third-order valence-corrected chi connectivity index (χ3v) is 6.87. The number of nitrogens with zero attached hydrogens (tertiary/aromatic N) is 1. The summed E-state index contributed by atoms with van der Waals surface area (Å²) >= 11 is 0. The van der Waals surface area contributed by atoms with E-state index in [2.05, 4.69) is 33.0 Å². The summed E-state index contributed by atoms with van der Waals surface area (Å²) in [6, 6.07) is 13.0. The van der Waals surface area contributed by atoms with Crippen molar-refractivity contribution in [2.75, 3.05) is 13.1 Å². The fraction of sp³-hybridized carbons (Fsp3) is 0.516. The molecule has 2 aromatic rings. The van der Waals surface area contributed by atoms with E-state index < -0.39 is 5.97 Å². The number of hydrogen-bond donors (Lipinski definition) is 2. The molecule has 0 saturated carbocycles. The number of hydrogen-bond acceptors (Lipinski definition) is 8. The lowest BCUT2D eigenvalue weighted by Gasteiger charge is -2.45. The standard InChI is InChI=1S/C31H42N2O6/c1-21(2)33(17-15-28(36)39-24-19-30(3,4)32-31(5,6)20-24)16-14-27(35)38-23-12-13-25(26(34)18-23)29(37)22-10-8-7-9-11-22/h7-13,18,21,24,32,34H,14-17,19-20H2,1-6H3. The number of rotatable bonds is 11. The van der Waals surface area contributed by atoms with Crippen molar-refractivity contribution in [3.8, 4) is 11.5 Å². The first kappa shape index (κ1) is 30.3. The molecule has 2 N–H and O–H groups in total. The number of carbonyl (C=O) groups excluding carboxylic acids is 3. The number of esters is 2. The van der Waals surface area contributed by atoms with E-state index in [9.17, 15) is 19.5 Å². The van der Waals surface area contributed by atoms with E-state index in [1.165, 1.54) is 18.2 Å². The zero-order chi connectivity index (χ0) is 28.8. The van der Waals surface area contributed by atoms with Crippen molar-refractivity contribution in [2.45, 2.75) is 90.4 Å². The molecule has 0 spiro atoms. The van der Waals surface area contributed by atoms with Crippen LogP contribution in [0.5, 0.6) is 11.5 Å². The maximum Gasteiger partial charge on any atom is 0.312 e. The molecule has 0 aromatic heterocycles. The molecule has 1 fully saturated rings. The minimum atomic E-state index is -0.469. The summed E-state index contributed by atoms with van der Waals surface area (Å²) < 4.78 is 11.2. The molecule has 0 atom stereocenters. The number of aromatic hydroxyl groups is 1. The van der Waals surface area contributed by atoms with Gasteiger partial charge in [-0.05, 0) is 53.7 Å². The maximum atomic E-state index is 12.6. The van der Waals surface area contributed by atoms with Crippen LogP contribution in [-0.2, 0) is 14.3 Å². The third-order valence-electron chi connectivity index (χ3n) is 6.87. The van der Waals surface area contributed by atoms with E-state index in [1.807, 2.05) is 24.8 Å². The van der Waals surface area contributed by atoms with Gasteiger partial charge in [0.1, 0.15) is 17.6 Å². The molecule has 1 saturated heterocycles. The summed E-state index contributed by atoms with van der Waals surface area (Å²) in [5, 5.41) is 13.9. The molecule has 0 aliphatic carbocycles. The number of nitrogens with one attached hydrogen (secondary N) is 1. The smallest absolute Gasteiger partial charge is 0.312 e. The second kappa shape index (κ2) is 12.7. The monoisotopic (exact) mass is 538 g/mol. The summed E-state index contributed by atoms with van der Waals surface area (Å²) in [4.78, 5) is 39.8. The molecule has 8 nitrogen and oxygen atoms in total. The molecule has 0 bridgehead atoms. The molecule has 0 unspecified atom stereocenters. The van der Waals surface area contributed by atoms with E-state index in [1.54, 1.807) is 24.3 Å². The maximum absolute atomic E-state index is 12.6. The largest absolute Gasteiger partial charge is 0.507 e. The van der Waals surface area contributed by atoms with Crippen molar-refractivity contribution < 1.29 is 29.0 Å². The Balaban J connectivity index is 1.48. The molecule has 212 valence electrons. The van der Waals surface area contributed by atoms with Crippen molar-refractivity contribution in [2.24, 2.45) is 0 Å². The van der Waals surface area contributed by atoms with Gasteiger partial charge < -0.3 is 19.9 Å². The highest BCUT2D eigenvalue weighted by Crippen LogP contribution is 2.30. The van der Waals surface area contributed by atoms with Gasteiger partial charge in [0.05, 0.1) is 18.4 Å². The normalized spacial score (nSPS) is 16.7. The Kier molecular flexibility index (Phi) is 9.91. The summed E-state index contributed by atoms with van der Waals surface area (Å²) in [5.74, 6) is -1.11. The fourth-order valence-electron chi connectivity index (χ4n) is 5.35. The van der Waals surface area contributed by atoms with Gasteiger partial charge in [-0.2, -0.15) is 0 Å². The van der Waals surface area contributed by atoms with Crippen LogP contribution in [0, 0.1) is 0 Å². The predicted octanol–water partition coefficient (Wildman–Crippen LogP) is 4.87. The number of piperidine rings is 1. The minimum absolute atomic E-state index is 0.106. The Hall–Kier alpha value is -3.23. The fourth-order valence-corrected chi connectivity index (χ4v) is 5.35. The Morgan fingerprint density at radius 1 is 0.949 bits per heavy atom. The third kappa shape index (κ3) is 9.18. The van der Waals surface area contributed by atoms with Crippen LogP contribution in [0.3, 0.4) is 0 Å². The number of phenolic OH excluding ortho intramolecular Hbond substituents is 1. The summed E-state index contributed by atoms with van der Waals surface area (Å²) in [5.41, 5.74) is 0.381. The SMILES string of the molecule is CC(C)N(CCC(=O)Oc1ccc(C(=O)c2ccccc2)c(O)c1)CCC(=O)OC1CC(C)(C)NC(C)(C)C1. The lowest BCUT2D eigenvalue weighted by atomic mass is 9.81. The van der Waals surface area contributed by atoms with Crippen LogP contribution in [0.1, 0.15) is 83.1 Å². The highest BCUT2D eigenvalue weighted by Gasteiger charge is 2.39. The van der Waals surface area contributed by atoms with Gasteiger partial charge >= 0.3 is 11.9 Å². The second-order valence-corrected chi connectivity index (χ2v) is 11.9.